The van der Waals surface area contributed by atoms with Gasteiger partial charge in [0.1, 0.15) is 0 Å². The minimum absolute atomic E-state index is 0.198. The topological polar surface area (TPSA) is 69.9 Å². The second-order valence-electron chi connectivity index (χ2n) is 10.8. The lowest BCUT2D eigenvalue weighted by Crippen LogP contribution is -2.39. The minimum Gasteiger partial charge on any atom is -0.393 e. The third-order valence-electron chi connectivity index (χ3n) is 7.96. The van der Waals surface area contributed by atoms with E-state index in [4.69, 9.17) is 4.74 Å². The third kappa shape index (κ3) is 5.27. The van der Waals surface area contributed by atoms with Crippen LogP contribution in [0.25, 0.3) is 0 Å². The largest absolute Gasteiger partial charge is 0.393 e. The Balaban J connectivity index is 1.70. The number of aliphatic hydroxyl groups is 3. The molecular weight excluding hydrogens is 376 g/mol. The van der Waals surface area contributed by atoms with Gasteiger partial charge in [-0.2, -0.15) is 0 Å². The maximum Gasteiger partial charge on any atom is 0.0811 e. The van der Waals surface area contributed by atoms with Crippen LogP contribution in [0.2, 0.25) is 0 Å². The Bertz CT molecular complexity index is 686. The van der Waals surface area contributed by atoms with E-state index >= 15 is 0 Å². The first-order valence-corrected chi connectivity index (χ1v) is 11.8. The molecule has 3 rings (SSSR count). The first kappa shape index (κ1) is 23.7. The smallest absolute Gasteiger partial charge is 0.0811 e. The zero-order valence-corrected chi connectivity index (χ0v) is 19.4. The molecule has 0 aromatic rings. The van der Waals surface area contributed by atoms with E-state index in [0.717, 1.165) is 17.6 Å². The van der Waals surface area contributed by atoms with Gasteiger partial charge in [0.2, 0.25) is 0 Å². The van der Waals surface area contributed by atoms with E-state index in [1.807, 2.05) is 13.8 Å². The molecule has 4 heteroatoms. The van der Waals surface area contributed by atoms with Gasteiger partial charge < -0.3 is 20.1 Å². The normalized spacial score (nSPS) is 38.8. The summed E-state index contributed by atoms with van der Waals surface area (Å²) >= 11 is 0. The summed E-state index contributed by atoms with van der Waals surface area (Å²) in [5.74, 6) is 1.11. The summed E-state index contributed by atoms with van der Waals surface area (Å²) in [5.41, 5.74) is 2.82. The monoisotopic (exact) mass is 418 g/mol. The first-order chi connectivity index (χ1) is 14.0. The molecule has 3 aliphatic rings. The number of hydrogen-bond donors (Lipinski definition) is 3. The maximum atomic E-state index is 10.1. The van der Waals surface area contributed by atoms with Crippen LogP contribution in [0.1, 0.15) is 79.1 Å². The van der Waals surface area contributed by atoms with Crippen molar-refractivity contribution in [3.05, 3.63) is 35.5 Å². The molecule has 3 fully saturated rings. The van der Waals surface area contributed by atoms with Gasteiger partial charge in [0.05, 0.1) is 23.9 Å². The number of hydrogen-bond acceptors (Lipinski definition) is 4. The van der Waals surface area contributed by atoms with E-state index in [1.165, 1.54) is 31.3 Å². The number of allylic oxidation sites excluding steroid dienone is 3. The average molecular weight is 419 g/mol. The fourth-order valence-electron chi connectivity index (χ4n) is 6.13. The van der Waals surface area contributed by atoms with E-state index in [-0.39, 0.29) is 11.5 Å². The van der Waals surface area contributed by atoms with Crippen molar-refractivity contribution in [2.45, 2.75) is 103 Å². The summed E-state index contributed by atoms with van der Waals surface area (Å²) in [6.45, 7) is 13.0. The lowest BCUT2D eigenvalue weighted by atomic mass is 9.62. The molecule has 0 spiro atoms. The molecule has 170 valence electrons. The Hall–Kier alpha value is -0.940. The molecule has 0 bridgehead atoms. The van der Waals surface area contributed by atoms with Crippen LogP contribution in [-0.4, -0.2) is 45.8 Å². The molecule has 0 amide bonds. The molecule has 30 heavy (non-hydrogen) atoms. The zero-order chi connectivity index (χ0) is 22.1. The lowest BCUT2D eigenvalue weighted by molar-refractivity contribution is -0.0454. The van der Waals surface area contributed by atoms with E-state index in [2.05, 4.69) is 32.6 Å². The second-order valence-corrected chi connectivity index (χ2v) is 10.8. The van der Waals surface area contributed by atoms with Crippen LogP contribution in [0, 0.1) is 17.3 Å². The van der Waals surface area contributed by atoms with Gasteiger partial charge in [-0.15, -0.1) is 0 Å². The summed E-state index contributed by atoms with van der Waals surface area (Å²) in [7, 11) is 0. The van der Waals surface area contributed by atoms with E-state index in [0.29, 0.717) is 37.7 Å². The highest BCUT2D eigenvalue weighted by Gasteiger charge is 2.51. The van der Waals surface area contributed by atoms with Crippen molar-refractivity contribution in [3.63, 3.8) is 0 Å². The zero-order valence-electron chi connectivity index (χ0n) is 19.4. The predicted molar refractivity (Wildman–Crippen MR) is 121 cm³/mol. The van der Waals surface area contributed by atoms with Crippen LogP contribution < -0.4 is 0 Å². The highest BCUT2D eigenvalue weighted by molar-refractivity contribution is 5.38. The second kappa shape index (κ2) is 9.28. The number of rotatable bonds is 6. The standard InChI is InChI=1S/C26H42O4/c1-17-20(15-21(27)16-24(17)28)9-8-19-7-6-12-26(5)22(10-11-23(19)26)18(2)30-14-13-25(3,4)29/h8-9,18,21-24,27-29H,1,6-7,10-16H2,2-5H3/b19-8+,20-9-/t18-,21+,22+,23?,24+,26+/m0/s1. The van der Waals surface area contributed by atoms with Crippen molar-refractivity contribution < 1.29 is 20.1 Å². The summed E-state index contributed by atoms with van der Waals surface area (Å²) in [6.07, 6.45) is 11.0. The van der Waals surface area contributed by atoms with Gasteiger partial charge in [-0.25, -0.2) is 0 Å². The van der Waals surface area contributed by atoms with Gasteiger partial charge in [0, 0.05) is 13.0 Å². The SMILES string of the molecule is C=C1/C(=C\C=C2/CCC[C@@]3(C)C2CC[C@@H]3[C@H](C)OCCC(C)(C)O)C[C@@H](O)C[C@H]1O. The van der Waals surface area contributed by atoms with Gasteiger partial charge in [-0.3, -0.25) is 0 Å². The number of fused-ring (bicyclic) bond motifs is 1. The summed E-state index contributed by atoms with van der Waals surface area (Å²) < 4.78 is 6.19. The molecule has 3 N–H and O–H groups in total. The highest BCUT2D eigenvalue weighted by atomic mass is 16.5. The molecule has 6 atom stereocenters. The molecular formula is C26H42O4. The Labute approximate surface area is 182 Å². The molecule has 0 aromatic carbocycles. The average Bonchev–Trinajstić information content (AvgIpc) is 3.00. The molecule has 3 aliphatic carbocycles. The van der Waals surface area contributed by atoms with Gasteiger partial charge >= 0.3 is 0 Å². The van der Waals surface area contributed by atoms with Crippen molar-refractivity contribution in [1.82, 2.24) is 0 Å². The van der Waals surface area contributed by atoms with Crippen molar-refractivity contribution in [2.75, 3.05) is 6.61 Å². The first-order valence-electron chi connectivity index (χ1n) is 11.8. The van der Waals surface area contributed by atoms with E-state index in [1.54, 1.807) is 0 Å². The number of aliphatic hydroxyl groups excluding tert-OH is 2. The summed E-state index contributed by atoms with van der Waals surface area (Å²) in [6, 6.07) is 0. The van der Waals surface area contributed by atoms with Crippen molar-refractivity contribution in [2.24, 2.45) is 17.3 Å². The predicted octanol–water partition coefficient (Wildman–Crippen LogP) is 4.69. The Morgan fingerprint density at radius 3 is 2.70 bits per heavy atom. The molecule has 4 nitrogen and oxygen atoms in total. The van der Waals surface area contributed by atoms with Crippen LogP contribution in [0.4, 0.5) is 0 Å². The van der Waals surface area contributed by atoms with Crippen LogP contribution in [0.3, 0.4) is 0 Å². The fraction of sp³-hybridized carbons (Fsp3) is 0.769. The Morgan fingerprint density at radius 2 is 2.00 bits per heavy atom. The fourth-order valence-corrected chi connectivity index (χ4v) is 6.13. The molecule has 0 radical (unpaired) electrons. The van der Waals surface area contributed by atoms with Gasteiger partial charge in [-0.05, 0) is 94.1 Å². The number of ether oxygens (including phenoxy) is 1. The molecule has 0 heterocycles. The van der Waals surface area contributed by atoms with E-state index < -0.39 is 17.8 Å². The molecule has 3 saturated carbocycles. The summed E-state index contributed by atoms with van der Waals surface area (Å²) in [5, 5.41) is 30.1. The lowest BCUT2D eigenvalue weighted by Gasteiger charge is -2.44. The Kier molecular flexibility index (Phi) is 7.33. The van der Waals surface area contributed by atoms with E-state index in [9.17, 15) is 15.3 Å². The highest BCUT2D eigenvalue weighted by Crippen LogP contribution is 2.58. The van der Waals surface area contributed by atoms with Crippen molar-refractivity contribution in [1.29, 1.82) is 0 Å². The van der Waals surface area contributed by atoms with Gasteiger partial charge in [0.25, 0.3) is 0 Å². The van der Waals surface area contributed by atoms with Crippen LogP contribution in [0.5, 0.6) is 0 Å². The maximum absolute atomic E-state index is 10.1. The van der Waals surface area contributed by atoms with Gasteiger partial charge in [0.15, 0.2) is 0 Å². The quantitative estimate of drug-likeness (QED) is 0.585. The minimum atomic E-state index is -0.680. The molecule has 0 aliphatic heterocycles. The van der Waals surface area contributed by atoms with Crippen LogP contribution in [-0.2, 0) is 4.74 Å². The summed E-state index contributed by atoms with van der Waals surface area (Å²) in [4.78, 5) is 0. The van der Waals surface area contributed by atoms with Gasteiger partial charge in [-0.1, -0.05) is 31.2 Å². The molecule has 1 unspecified atom stereocenters. The van der Waals surface area contributed by atoms with Crippen LogP contribution >= 0.6 is 0 Å². The third-order valence-corrected chi connectivity index (χ3v) is 7.96. The van der Waals surface area contributed by atoms with Crippen molar-refractivity contribution in [3.8, 4) is 0 Å². The Morgan fingerprint density at radius 1 is 1.27 bits per heavy atom. The molecule has 0 saturated heterocycles. The van der Waals surface area contributed by atoms with Crippen LogP contribution in [0.15, 0.2) is 35.5 Å². The molecule has 0 aromatic heterocycles. The van der Waals surface area contributed by atoms with Crippen molar-refractivity contribution >= 4 is 0 Å².